The van der Waals surface area contributed by atoms with Crippen LogP contribution in [0.4, 0.5) is 5.69 Å². The summed E-state index contributed by atoms with van der Waals surface area (Å²) in [6, 6.07) is 9.13. The Labute approximate surface area is 148 Å². The highest BCUT2D eigenvalue weighted by atomic mass is 32.2. The van der Waals surface area contributed by atoms with Crippen molar-refractivity contribution in [2.45, 2.75) is 19.3 Å². The zero-order chi connectivity index (χ0) is 18.2. The highest BCUT2D eigenvalue weighted by Crippen LogP contribution is 2.25. The third-order valence-electron chi connectivity index (χ3n) is 3.64. The molecule has 1 aliphatic carbocycles. The Morgan fingerprint density at radius 3 is 2.40 bits per heavy atom. The predicted octanol–water partition coefficient (Wildman–Crippen LogP) is 1.52. The molecule has 1 aliphatic rings. The number of allylic oxidation sites excluding steroid dienone is 2. The number of benzene rings is 1. The molecule has 1 unspecified atom stereocenters. The van der Waals surface area contributed by atoms with Gasteiger partial charge in [0.2, 0.25) is 20.6 Å². The van der Waals surface area contributed by atoms with Crippen molar-refractivity contribution in [1.82, 2.24) is 0 Å². The second kappa shape index (κ2) is 9.03. The highest BCUT2D eigenvalue weighted by Gasteiger charge is 2.30. The lowest BCUT2D eigenvalue weighted by Gasteiger charge is -2.18. The van der Waals surface area contributed by atoms with Gasteiger partial charge in [-0.05, 0) is 24.1 Å². The molecule has 0 N–H and O–H groups in total. The largest absolute Gasteiger partial charge is 0.361 e. The van der Waals surface area contributed by atoms with Gasteiger partial charge in [-0.2, -0.15) is 21.6 Å². The summed E-state index contributed by atoms with van der Waals surface area (Å²) in [7, 11) is -4.63. The fourth-order valence-electron chi connectivity index (χ4n) is 2.47. The van der Waals surface area contributed by atoms with E-state index in [4.69, 9.17) is 0 Å². The Bertz CT molecular complexity index is 1010. The Balaban J connectivity index is 2.48. The zero-order valence-corrected chi connectivity index (χ0v) is 14.7. The molecule has 1 aromatic rings. The number of nitrogens with zero attached hydrogens (tertiary/aromatic N) is 3. The Kier molecular flexibility index (Phi) is 6.76. The van der Waals surface area contributed by atoms with E-state index < -0.39 is 20.6 Å². The van der Waals surface area contributed by atoms with Crippen LogP contribution in [0.2, 0.25) is 0 Å². The van der Waals surface area contributed by atoms with Crippen LogP contribution >= 0.6 is 0 Å². The van der Waals surface area contributed by atoms with E-state index in [1.165, 1.54) is 0 Å². The molecule has 25 heavy (non-hydrogen) atoms. The predicted molar refractivity (Wildman–Crippen MR) is 97.6 cm³/mol. The van der Waals surface area contributed by atoms with E-state index in [-0.39, 0.29) is 18.8 Å². The first-order chi connectivity index (χ1) is 12.0. The van der Waals surface area contributed by atoms with E-state index >= 15 is 0 Å². The summed E-state index contributed by atoms with van der Waals surface area (Å²) in [5.41, 5.74) is 11.4. The molecule has 0 saturated heterocycles. The van der Waals surface area contributed by atoms with Gasteiger partial charge in [0.15, 0.2) is 0 Å². The second-order valence-corrected chi connectivity index (χ2v) is 6.99. The van der Waals surface area contributed by atoms with Crippen LogP contribution < -0.4 is 0 Å². The molecule has 7 nitrogen and oxygen atoms in total. The standard InChI is InChI=1S/C16H15N3O4S2/c17-19-16-11-12(6-8-24(20)21)15(10-13(16)7-9-25(22)23)18-14-4-2-1-3-5-14/h1-5,8-9,11,13H,6-7,10H2. The minimum Gasteiger partial charge on any atom is -0.361 e. The second-order valence-electron chi connectivity index (χ2n) is 5.28. The van der Waals surface area contributed by atoms with Gasteiger partial charge in [-0.15, -0.1) is 0 Å². The van der Waals surface area contributed by atoms with Crippen LogP contribution in [0.5, 0.6) is 0 Å². The van der Waals surface area contributed by atoms with Gasteiger partial charge < -0.3 is 5.53 Å². The van der Waals surface area contributed by atoms with Gasteiger partial charge in [0.25, 0.3) is 5.71 Å². The lowest BCUT2D eigenvalue weighted by Crippen LogP contribution is -2.26. The van der Waals surface area contributed by atoms with E-state index in [1.54, 1.807) is 6.08 Å². The van der Waals surface area contributed by atoms with Crippen molar-refractivity contribution in [3.63, 3.8) is 0 Å². The molecular formula is C16H15N3O4S2. The molecule has 0 radical (unpaired) electrons. The van der Waals surface area contributed by atoms with Gasteiger partial charge in [0.1, 0.15) is 0 Å². The van der Waals surface area contributed by atoms with Gasteiger partial charge >= 0.3 is 0 Å². The Hall–Kier alpha value is -2.61. The van der Waals surface area contributed by atoms with Gasteiger partial charge in [-0.3, -0.25) is 4.99 Å². The van der Waals surface area contributed by atoms with Crippen LogP contribution in [0.1, 0.15) is 19.3 Å². The average Bonchev–Trinajstić information content (AvgIpc) is 2.59. The summed E-state index contributed by atoms with van der Waals surface area (Å²) >= 11 is 0. The highest BCUT2D eigenvalue weighted by molar-refractivity contribution is 7.71. The van der Waals surface area contributed by atoms with E-state index in [9.17, 15) is 22.4 Å². The van der Waals surface area contributed by atoms with Crippen molar-refractivity contribution >= 4 is 48.4 Å². The molecule has 1 atom stereocenters. The molecule has 0 bridgehead atoms. The van der Waals surface area contributed by atoms with Crippen LogP contribution in [-0.2, 0) is 20.6 Å². The average molecular weight is 377 g/mol. The summed E-state index contributed by atoms with van der Waals surface area (Å²) < 4.78 is 43.2. The first-order valence-electron chi connectivity index (χ1n) is 7.38. The number of rotatable bonds is 5. The molecule has 0 aromatic heterocycles. The van der Waals surface area contributed by atoms with E-state index in [2.05, 4.69) is 9.78 Å². The maximum atomic E-state index is 10.8. The third kappa shape index (κ3) is 5.75. The summed E-state index contributed by atoms with van der Waals surface area (Å²) in [4.78, 5) is 7.77. The van der Waals surface area contributed by atoms with E-state index in [0.29, 0.717) is 29.1 Å². The van der Waals surface area contributed by atoms with Crippen LogP contribution in [0.25, 0.3) is 5.53 Å². The van der Waals surface area contributed by atoms with Gasteiger partial charge in [-0.25, -0.2) is 0 Å². The number of hydrogen-bond donors (Lipinski definition) is 0. The molecule has 130 valence electrons. The molecular weight excluding hydrogens is 362 g/mol. The van der Waals surface area contributed by atoms with Crippen molar-refractivity contribution in [3.05, 3.63) is 47.5 Å². The zero-order valence-electron chi connectivity index (χ0n) is 13.1. The number of para-hydroxylation sites is 1. The smallest absolute Gasteiger partial charge is 0.296 e. The summed E-state index contributed by atoms with van der Waals surface area (Å²) in [6.45, 7) is 0. The first-order valence-corrected chi connectivity index (χ1v) is 9.65. The van der Waals surface area contributed by atoms with Crippen molar-refractivity contribution in [3.8, 4) is 0 Å². The number of aliphatic imine (C=N–C) groups is 1. The molecule has 0 spiro atoms. The van der Waals surface area contributed by atoms with E-state index in [1.807, 2.05) is 30.3 Å². The van der Waals surface area contributed by atoms with Crippen LogP contribution in [0, 0.1) is 5.92 Å². The molecule has 1 aromatic carbocycles. The molecule has 2 rings (SSSR count). The normalized spacial score (nSPS) is 18.2. The van der Waals surface area contributed by atoms with Gasteiger partial charge in [0, 0.05) is 35.4 Å². The Morgan fingerprint density at radius 1 is 1.12 bits per heavy atom. The molecule has 0 aliphatic heterocycles. The molecule has 0 saturated carbocycles. The summed E-state index contributed by atoms with van der Waals surface area (Å²) in [5, 5.41) is 2.20. The number of hydrogen-bond acceptors (Lipinski definition) is 5. The van der Waals surface area contributed by atoms with Crippen molar-refractivity contribution in [1.29, 1.82) is 0 Å². The maximum Gasteiger partial charge on any atom is 0.296 e. The first kappa shape index (κ1) is 18.7. The SMILES string of the molecule is [N-]=[N+]=C1C=C(CC=S(=O)=O)C(=Nc2ccccc2)CC1CC=S(=O)=O. The van der Waals surface area contributed by atoms with Crippen molar-refractivity contribution in [2.75, 3.05) is 0 Å². The maximum absolute atomic E-state index is 10.8. The van der Waals surface area contributed by atoms with Crippen molar-refractivity contribution in [2.24, 2.45) is 10.9 Å². The molecule has 9 heteroatoms. The Morgan fingerprint density at radius 2 is 1.80 bits per heavy atom. The molecule has 0 amide bonds. The monoisotopic (exact) mass is 377 g/mol. The topological polar surface area (TPSA) is 117 Å². The summed E-state index contributed by atoms with van der Waals surface area (Å²) in [6.07, 6.45) is 2.18. The van der Waals surface area contributed by atoms with E-state index in [0.717, 1.165) is 10.7 Å². The fourth-order valence-corrected chi connectivity index (χ4v) is 3.17. The molecule has 0 heterocycles. The quantitative estimate of drug-likeness (QED) is 0.439. The van der Waals surface area contributed by atoms with Crippen LogP contribution in [0.15, 0.2) is 47.0 Å². The van der Waals surface area contributed by atoms with Crippen molar-refractivity contribution < 1.29 is 21.6 Å². The van der Waals surface area contributed by atoms with Gasteiger partial charge in [0.05, 0.1) is 11.6 Å². The lowest BCUT2D eigenvalue weighted by atomic mass is 9.84. The summed E-state index contributed by atoms with van der Waals surface area (Å²) in [5.74, 6) is -0.355. The fraction of sp³-hybridized carbons (Fsp3) is 0.250. The van der Waals surface area contributed by atoms with Crippen LogP contribution in [0.3, 0.4) is 0 Å². The van der Waals surface area contributed by atoms with Gasteiger partial charge in [-0.1, -0.05) is 18.2 Å². The molecule has 0 fully saturated rings. The third-order valence-corrected chi connectivity index (χ3v) is 4.55. The minimum absolute atomic E-state index is 0.116. The van der Waals surface area contributed by atoms with Crippen LogP contribution in [-0.4, -0.2) is 43.8 Å². The minimum atomic E-state index is -2.32. The lowest BCUT2D eigenvalue weighted by molar-refractivity contribution is -0.0105.